The molecule has 1 aromatic carbocycles. The van der Waals surface area contributed by atoms with Crippen LogP contribution in [0.25, 0.3) is 0 Å². The van der Waals surface area contributed by atoms with E-state index in [4.69, 9.17) is 0 Å². The molecule has 0 saturated carbocycles. The fourth-order valence-corrected chi connectivity index (χ4v) is 2.84. The van der Waals surface area contributed by atoms with Crippen molar-refractivity contribution in [3.63, 3.8) is 0 Å². The molecule has 1 aliphatic heterocycles. The Balaban J connectivity index is 1.80. The number of carbonyl (C=O) groups is 1. The summed E-state index contributed by atoms with van der Waals surface area (Å²) in [6, 6.07) is 5.22. The van der Waals surface area contributed by atoms with E-state index in [0.29, 0.717) is 11.3 Å². The molecular formula is C18H19F2N3O. The van der Waals surface area contributed by atoms with Crippen molar-refractivity contribution in [2.45, 2.75) is 25.7 Å². The molecule has 0 bridgehead atoms. The van der Waals surface area contributed by atoms with Crippen molar-refractivity contribution in [2.24, 2.45) is 0 Å². The number of anilines is 2. The molecule has 1 saturated heterocycles. The molecular weight excluding hydrogens is 312 g/mol. The summed E-state index contributed by atoms with van der Waals surface area (Å²) < 4.78 is 27.5. The molecule has 2 heterocycles. The Morgan fingerprint density at radius 2 is 1.71 bits per heavy atom. The monoisotopic (exact) mass is 331 g/mol. The molecule has 0 unspecified atom stereocenters. The minimum absolute atomic E-state index is 0.0953. The van der Waals surface area contributed by atoms with Gasteiger partial charge >= 0.3 is 0 Å². The largest absolute Gasteiger partial charge is 0.349 e. The van der Waals surface area contributed by atoms with E-state index in [1.54, 1.807) is 6.07 Å². The zero-order chi connectivity index (χ0) is 16.9. The average Bonchev–Trinajstić information content (AvgIpc) is 2.87. The summed E-state index contributed by atoms with van der Waals surface area (Å²) in [4.78, 5) is 18.4. The summed E-state index contributed by atoms with van der Waals surface area (Å²) in [7, 11) is 0. The van der Waals surface area contributed by atoms with Crippen LogP contribution >= 0.6 is 0 Å². The lowest BCUT2D eigenvalue weighted by Gasteiger charge is -2.20. The molecule has 126 valence electrons. The second-order valence-corrected chi connectivity index (χ2v) is 5.89. The van der Waals surface area contributed by atoms with E-state index < -0.39 is 11.6 Å². The molecule has 0 spiro atoms. The Kier molecular flexibility index (Phi) is 5.03. The van der Waals surface area contributed by atoms with E-state index >= 15 is 0 Å². The number of nitrogens with zero attached hydrogens (tertiary/aromatic N) is 2. The number of pyridine rings is 1. The average molecular weight is 331 g/mol. The van der Waals surface area contributed by atoms with E-state index in [9.17, 15) is 13.6 Å². The standard InChI is InChI=1S/C18H19F2N3O/c19-15-6-5-7-16(20)17(15)22-14-10-13(11-21-12-14)18(24)23-8-3-1-2-4-9-23/h5-7,10-12,22H,1-4,8-9H2. The summed E-state index contributed by atoms with van der Waals surface area (Å²) in [6.07, 6.45) is 7.18. The number of nitrogens with one attached hydrogen (secondary N) is 1. The molecule has 2 aromatic rings. The summed E-state index contributed by atoms with van der Waals surface area (Å²) in [6.45, 7) is 1.47. The number of para-hydroxylation sites is 1. The molecule has 0 radical (unpaired) electrons. The lowest BCUT2D eigenvalue weighted by atomic mass is 10.2. The highest BCUT2D eigenvalue weighted by atomic mass is 19.1. The van der Waals surface area contributed by atoms with Crippen LogP contribution in [0.3, 0.4) is 0 Å². The second-order valence-electron chi connectivity index (χ2n) is 5.89. The maximum Gasteiger partial charge on any atom is 0.255 e. The van der Waals surface area contributed by atoms with E-state index in [2.05, 4.69) is 10.3 Å². The molecule has 1 aliphatic rings. The molecule has 0 aliphatic carbocycles. The van der Waals surface area contributed by atoms with Gasteiger partial charge in [-0.05, 0) is 31.0 Å². The van der Waals surface area contributed by atoms with E-state index in [-0.39, 0.29) is 11.6 Å². The third-order valence-corrected chi connectivity index (χ3v) is 4.11. The lowest BCUT2D eigenvalue weighted by molar-refractivity contribution is 0.0761. The third kappa shape index (κ3) is 3.69. The van der Waals surface area contributed by atoms with Crippen molar-refractivity contribution in [3.05, 3.63) is 53.9 Å². The fourth-order valence-electron chi connectivity index (χ4n) is 2.84. The van der Waals surface area contributed by atoms with Gasteiger partial charge < -0.3 is 10.2 Å². The highest BCUT2D eigenvalue weighted by molar-refractivity contribution is 5.95. The number of carbonyl (C=O) groups excluding carboxylic acids is 1. The van der Waals surface area contributed by atoms with Crippen molar-refractivity contribution in [1.29, 1.82) is 0 Å². The Bertz CT molecular complexity index is 708. The van der Waals surface area contributed by atoms with E-state index in [0.717, 1.165) is 38.8 Å². The van der Waals surface area contributed by atoms with E-state index in [1.165, 1.54) is 30.6 Å². The first-order valence-electron chi connectivity index (χ1n) is 8.10. The Morgan fingerprint density at radius 1 is 1.04 bits per heavy atom. The molecule has 6 heteroatoms. The van der Waals surface area contributed by atoms with Crippen molar-refractivity contribution in [2.75, 3.05) is 18.4 Å². The van der Waals surface area contributed by atoms with Crippen LogP contribution in [0.15, 0.2) is 36.7 Å². The molecule has 1 amide bonds. The molecule has 0 atom stereocenters. The van der Waals surface area contributed by atoms with Gasteiger partial charge in [-0.1, -0.05) is 18.9 Å². The molecule has 24 heavy (non-hydrogen) atoms. The quantitative estimate of drug-likeness (QED) is 0.920. The van der Waals surface area contributed by atoms with Crippen LogP contribution < -0.4 is 5.32 Å². The van der Waals surface area contributed by atoms with Crippen LogP contribution in [0.2, 0.25) is 0 Å². The number of rotatable bonds is 3. The summed E-state index contributed by atoms with van der Waals surface area (Å²) in [5.41, 5.74) is 0.539. The first kappa shape index (κ1) is 16.4. The number of hydrogen-bond donors (Lipinski definition) is 1. The van der Waals surface area contributed by atoms with Gasteiger partial charge in [-0.2, -0.15) is 0 Å². The number of benzene rings is 1. The van der Waals surface area contributed by atoms with Crippen LogP contribution in [0.5, 0.6) is 0 Å². The van der Waals surface area contributed by atoms with Crippen LogP contribution in [-0.2, 0) is 0 Å². The number of hydrogen-bond acceptors (Lipinski definition) is 3. The molecule has 1 N–H and O–H groups in total. The topological polar surface area (TPSA) is 45.2 Å². The van der Waals surface area contributed by atoms with Crippen molar-refractivity contribution >= 4 is 17.3 Å². The molecule has 4 nitrogen and oxygen atoms in total. The van der Waals surface area contributed by atoms with Crippen molar-refractivity contribution in [3.8, 4) is 0 Å². The third-order valence-electron chi connectivity index (χ3n) is 4.11. The van der Waals surface area contributed by atoms with Gasteiger partial charge in [0.25, 0.3) is 5.91 Å². The number of likely N-dealkylation sites (tertiary alicyclic amines) is 1. The van der Waals surface area contributed by atoms with Gasteiger partial charge in [-0.25, -0.2) is 8.78 Å². The van der Waals surface area contributed by atoms with E-state index in [1.807, 2.05) is 4.90 Å². The Hall–Kier alpha value is -2.50. The minimum Gasteiger partial charge on any atom is -0.349 e. The number of amides is 1. The van der Waals surface area contributed by atoms with Crippen LogP contribution in [0, 0.1) is 11.6 Å². The van der Waals surface area contributed by atoms with Crippen LogP contribution in [0.1, 0.15) is 36.0 Å². The molecule has 1 fully saturated rings. The predicted octanol–water partition coefficient (Wildman–Crippen LogP) is 4.12. The van der Waals surface area contributed by atoms with Gasteiger partial charge in [0.1, 0.15) is 17.3 Å². The normalized spacial score (nSPS) is 15.0. The first-order valence-corrected chi connectivity index (χ1v) is 8.10. The fraction of sp³-hybridized carbons (Fsp3) is 0.333. The van der Waals surface area contributed by atoms with Gasteiger partial charge in [0, 0.05) is 19.3 Å². The summed E-state index contributed by atoms with van der Waals surface area (Å²) in [5, 5.41) is 2.67. The predicted molar refractivity (Wildman–Crippen MR) is 88.2 cm³/mol. The molecule has 3 rings (SSSR count). The second kappa shape index (κ2) is 7.38. The van der Waals surface area contributed by atoms with Crippen LogP contribution in [-0.4, -0.2) is 28.9 Å². The van der Waals surface area contributed by atoms with Crippen molar-refractivity contribution in [1.82, 2.24) is 9.88 Å². The highest BCUT2D eigenvalue weighted by Crippen LogP contribution is 2.23. The number of aromatic nitrogens is 1. The summed E-state index contributed by atoms with van der Waals surface area (Å²) in [5.74, 6) is -1.49. The molecule has 1 aromatic heterocycles. The smallest absolute Gasteiger partial charge is 0.255 e. The van der Waals surface area contributed by atoms with Gasteiger partial charge in [-0.15, -0.1) is 0 Å². The first-order chi connectivity index (χ1) is 11.6. The van der Waals surface area contributed by atoms with Gasteiger partial charge in [0.2, 0.25) is 0 Å². The Labute approximate surface area is 139 Å². The Morgan fingerprint density at radius 3 is 2.38 bits per heavy atom. The SMILES string of the molecule is O=C(c1cncc(Nc2c(F)cccc2F)c1)N1CCCCCC1. The zero-order valence-electron chi connectivity index (χ0n) is 13.3. The number of halogens is 2. The highest BCUT2D eigenvalue weighted by Gasteiger charge is 2.18. The lowest BCUT2D eigenvalue weighted by Crippen LogP contribution is -2.31. The minimum atomic E-state index is -0.695. The van der Waals surface area contributed by atoms with Gasteiger partial charge in [0.15, 0.2) is 0 Å². The zero-order valence-corrected chi connectivity index (χ0v) is 13.3. The van der Waals surface area contributed by atoms with Crippen LogP contribution in [0.4, 0.5) is 20.2 Å². The van der Waals surface area contributed by atoms with Crippen molar-refractivity contribution < 1.29 is 13.6 Å². The maximum absolute atomic E-state index is 13.7. The van der Waals surface area contributed by atoms with Gasteiger partial charge in [-0.3, -0.25) is 9.78 Å². The van der Waals surface area contributed by atoms with Gasteiger partial charge in [0.05, 0.1) is 17.4 Å². The maximum atomic E-state index is 13.7. The summed E-state index contributed by atoms with van der Waals surface area (Å²) >= 11 is 0.